The number of carbonyl (C=O) groups is 1. The van der Waals surface area contributed by atoms with Crippen molar-refractivity contribution in [3.05, 3.63) is 84.4 Å². The minimum atomic E-state index is -0.376. The number of benzene rings is 3. The molecule has 0 aliphatic carbocycles. The molecule has 7 heteroatoms. The van der Waals surface area contributed by atoms with Crippen LogP contribution < -0.4 is 10.1 Å². The van der Waals surface area contributed by atoms with Crippen LogP contribution in [-0.4, -0.2) is 33.0 Å². The van der Waals surface area contributed by atoms with Crippen molar-refractivity contribution in [2.75, 3.05) is 12.4 Å². The average Bonchev–Trinajstić information content (AvgIpc) is 3.24. The fourth-order valence-electron chi connectivity index (χ4n) is 3.24. The van der Waals surface area contributed by atoms with Gasteiger partial charge in [-0.25, -0.2) is 0 Å². The summed E-state index contributed by atoms with van der Waals surface area (Å²) < 4.78 is 7.26. The van der Waals surface area contributed by atoms with Gasteiger partial charge in [-0.2, -0.15) is 0 Å². The van der Waals surface area contributed by atoms with Crippen LogP contribution in [0.3, 0.4) is 0 Å². The molecule has 1 amide bonds. The van der Waals surface area contributed by atoms with Crippen molar-refractivity contribution in [2.24, 2.45) is 0 Å². The molecule has 0 radical (unpaired) electrons. The van der Waals surface area contributed by atoms with Crippen LogP contribution in [0.25, 0.3) is 17.1 Å². The number of nitrogens with one attached hydrogen (secondary N) is 1. The Hall–Kier alpha value is -3.58. The van der Waals surface area contributed by atoms with Crippen molar-refractivity contribution >= 4 is 23.4 Å². The van der Waals surface area contributed by atoms with Gasteiger partial charge in [0.2, 0.25) is 5.91 Å². The number of para-hydroxylation sites is 1. The number of aryl methyl sites for hydroxylation is 1. The molecule has 162 valence electrons. The third-order valence-corrected chi connectivity index (χ3v) is 6.09. The normalized spacial score (nSPS) is 11.7. The van der Waals surface area contributed by atoms with Gasteiger partial charge >= 0.3 is 0 Å². The molecule has 4 rings (SSSR count). The first-order valence-electron chi connectivity index (χ1n) is 10.2. The van der Waals surface area contributed by atoms with Crippen molar-refractivity contribution in [3.63, 3.8) is 0 Å². The molecule has 0 unspecified atom stereocenters. The zero-order chi connectivity index (χ0) is 22.5. The number of ether oxygens (including phenoxy) is 1. The van der Waals surface area contributed by atoms with Gasteiger partial charge in [0.25, 0.3) is 0 Å². The SMILES string of the molecule is COc1ccc(-n2c(S[C@H](C)C(=O)Nc3ccccc3C)nnc2-c2ccccc2)cc1. The molecule has 0 bridgehead atoms. The Kier molecular flexibility index (Phi) is 6.56. The average molecular weight is 445 g/mol. The molecule has 0 aliphatic heterocycles. The molecule has 1 atom stereocenters. The lowest BCUT2D eigenvalue weighted by Gasteiger charge is -2.15. The van der Waals surface area contributed by atoms with Gasteiger partial charge in [-0.05, 0) is 49.7 Å². The molecule has 0 saturated carbocycles. The lowest BCUT2D eigenvalue weighted by molar-refractivity contribution is -0.115. The number of rotatable bonds is 7. The first-order chi connectivity index (χ1) is 15.6. The predicted molar refractivity (Wildman–Crippen MR) is 128 cm³/mol. The largest absolute Gasteiger partial charge is 0.497 e. The summed E-state index contributed by atoms with van der Waals surface area (Å²) in [5, 5.41) is 12.1. The molecule has 1 aromatic heterocycles. The topological polar surface area (TPSA) is 69.0 Å². The highest BCUT2D eigenvalue weighted by atomic mass is 32.2. The fourth-order valence-corrected chi connectivity index (χ4v) is 4.11. The van der Waals surface area contributed by atoms with Gasteiger partial charge in [-0.1, -0.05) is 60.3 Å². The molecule has 0 spiro atoms. The van der Waals surface area contributed by atoms with Crippen molar-refractivity contribution in [2.45, 2.75) is 24.3 Å². The van der Waals surface area contributed by atoms with Gasteiger partial charge in [-0.3, -0.25) is 9.36 Å². The summed E-state index contributed by atoms with van der Waals surface area (Å²) in [6, 6.07) is 25.3. The smallest absolute Gasteiger partial charge is 0.237 e. The summed E-state index contributed by atoms with van der Waals surface area (Å²) in [5.74, 6) is 1.39. The highest BCUT2D eigenvalue weighted by Gasteiger charge is 2.22. The number of amides is 1. The Morgan fingerprint density at radius 2 is 1.66 bits per heavy atom. The zero-order valence-electron chi connectivity index (χ0n) is 18.1. The Morgan fingerprint density at radius 3 is 2.34 bits per heavy atom. The first-order valence-corrected chi connectivity index (χ1v) is 11.1. The number of thioether (sulfide) groups is 1. The van der Waals surface area contributed by atoms with E-state index < -0.39 is 0 Å². The number of methoxy groups -OCH3 is 1. The summed E-state index contributed by atoms with van der Waals surface area (Å²) in [6.45, 7) is 3.84. The van der Waals surface area contributed by atoms with Crippen LogP contribution in [0.15, 0.2) is 84.0 Å². The van der Waals surface area contributed by atoms with Crippen LogP contribution in [0.4, 0.5) is 5.69 Å². The second kappa shape index (κ2) is 9.70. The monoisotopic (exact) mass is 444 g/mol. The first kappa shape index (κ1) is 21.6. The second-order valence-corrected chi connectivity index (χ2v) is 8.58. The van der Waals surface area contributed by atoms with E-state index in [4.69, 9.17) is 4.74 Å². The van der Waals surface area contributed by atoms with Gasteiger partial charge in [-0.15, -0.1) is 10.2 Å². The van der Waals surface area contributed by atoms with E-state index in [2.05, 4.69) is 15.5 Å². The fraction of sp³-hybridized carbons (Fsp3) is 0.160. The quantitative estimate of drug-likeness (QED) is 0.388. The maximum atomic E-state index is 12.9. The van der Waals surface area contributed by atoms with Crippen LogP contribution >= 0.6 is 11.8 Å². The molecule has 4 aromatic rings. The Bertz CT molecular complexity index is 1210. The highest BCUT2D eigenvalue weighted by Crippen LogP contribution is 2.31. The number of hydrogen-bond acceptors (Lipinski definition) is 5. The lowest BCUT2D eigenvalue weighted by atomic mass is 10.2. The van der Waals surface area contributed by atoms with Crippen LogP contribution in [0.2, 0.25) is 0 Å². The molecule has 1 heterocycles. The second-order valence-electron chi connectivity index (χ2n) is 7.27. The summed E-state index contributed by atoms with van der Waals surface area (Å²) in [6.07, 6.45) is 0. The number of aromatic nitrogens is 3. The van der Waals surface area contributed by atoms with Crippen LogP contribution in [-0.2, 0) is 4.79 Å². The van der Waals surface area contributed by atoms with Crippen LogP contribution in [0.1, 0.15) is 12.5 Å². The molecular formula is C25H24N4O2S. The molecule has 3 aromatic carbocycles. The van der Waals surface area contributed by atoms with Gasteiger partial charge in [0.15, 0.2) is 11.0 Å². The number of carbonyl (C=O) groups excluding carboxylic acids is 1. The van der Waals surface area contributed by atoms with Gasteiger partial charge < -0.3 is 10.1 Å². The number of nitrogens with zero attached hydrogens (tertiary/aromatic N) is 3. The molecule has 1 N–H and O–H groups in total. The summed E-state index contributed by atoms with van der Waals surface area (Å²) in [4.78, 5) is 12.9. The van der Waals surface area contributed by atoms with E-state index in [-0.39, 0.29) is 11.2 Å². The number of hydrogen-bond donors (Lipinski definition) is 1. The zero-order valence-corrected chi connectivity index (χ0v) is 19.0. The van der Waals surface area contributed by atoms with Crippen molar-refractivity contribution in [1.29, 1.82) is 0 Å². The Morgan fingerprint density at radius 1 is 0.969 bits per heavy atom. The Labute approximate surface area is 191 Å². The molecular weight excluding hydrogens is 420 g/mol. The maximum Gasteiger partial charge on any atom is 0.237 e. The number of anilines is 1. The van der Waals surface area contributed by atoms with Gasteiger partial charge in [0, 0.05) is 16.9 Å². The lowest BCUT2D eigenvalue weighted by Crippen LogP contribution is -2.23. The molecule has 0 aliphatic rings. The molecule has 6 nitrogen and oxygen atoms in total. The molecule has 0 saturated heterocycles. The van der Waals surface area contributed by atoms with E-state index in [1.807, 2.05) is 97.3 Å². The summed E-state index contributed by atoms with van der Waals surface area (Å²) in [5.41, 5.74) is 3.67. The maximum absolute atomic E-state index is 12.9. The van der Waals surface area contributed by atoms with E-state index in [9.17, 15) is 4.79 Å². The predicted octanol–water partition coefficient (Wildman–Crippen LogP) is 5.37. The van der Waals surface area contributed by atoms with E-state index in [1.54, 1.807) is 7.11 Å². The van der Waals surface area contributed by atoms with Crippen molar-refractivity contribution < 1.29 is 9.53 Å². The van der Waals surface area contributed by atoms with E-state index in [0.29, 0.717) is 11.0 Å². The van der Waals surface area contributed by atoms with Crippen LogP contribution in [0.5, 0.6) is 5.75 Å². The minimum absolute atomic E-state index is 0.0881. The van der Waals surface area contributed by atoms with Gasteiger partial charge in [0.1, 0.15) is 5.75 Å². The van der Waals surface area contributed by atoms with Crippen molar-refractivity contribution in [3.8, 4) is 22.8 Å². The molecule has 0 fully saturated rings. The Balaban J connectivity index is 1.65. The van der Waals surface area contributed by atoms with Crippen molar-refractivity contribution in [1.82, 2.24) is 14.8 Å². The van der Waals surface area contributed by atoms with E-state index in [1.165, 1.54) is 11.8 Å². The minimum Gasteiger partial charge on any atom is -0.497 e. The molecule has 32 heavy (non-hydrogen) atoms. The summed E-state index contributed by atoms with van der Waals surface area (Å²) in [7, 11) is 1.64. The third-order valence-electron chi connectivity index (χ3n) is 5.05. The van der Waals surface area contributed by atoms with E-state index >= 15 is 0 Å². The summed E-state index contributed by atoms with van der Waals surface area (Å²) >= 11 is 1.37. The van der Waals surface area contributed by atoms with Gasteiger partial charge in [0.05, 0.1) is 12.4 Å². The van der Waals surface area contributed by atoms with E-state index in [0.717, 1.165) is 28.3 Å². The highest BCUT2D eigenvalue weighted by molar-refractivity contribution is 8.00. The standard InChI is InChI=1S/C25H24N4O2S/c1-17-9-7-8-12-22(17)26-24(30)18(2)32-25-28-27-23(19-10-5-4-6-11-19)29(25)20-13-15-21(31-3)16-14-20/h4-16,18H,1-3H3,(H,26,30)/t18-/m1/s1. The van der Waals surface area contributed by atoms with Crippen LogP contribution in [0, 0.1) is 6.92 Å². The third kappa shape index (κ3) is 4.68.